The van der Waals surface area contributed by atoms with Crippen molar-refractivity contribution in [2.24, 2.45) is 0 Å². The molecule has 2 heterocycles. The maximum Gasteiger partial charge on any atom is 0.161 e. The molecule has 0 amide bonds. The van der Waals surface area contributed by atoms with Crippen molar-refractivity contribution in [1.82, 2.24) is 14.8 Å². The van der Waals surface area contributed by atoms with Crippen LogP contribution in [-0.2, 0) is 6.54 Å². The Morgan fingerprint density at radius 2 is 1.96 bits per heavy atom. The third-order valence-corrected chi connectivity index (χ3v) is 3.89. The van der Waals surface area contributed by atoms with E-state index >= 15 is 0 Å². The highest BCUT2D eigenvalue weighted by Crippen LogP contribution is 2.25. The molecule has 0 aliphatic heterocycles. The lowest BCUT2D eigenvalue weighted by Crippen LogP contribution is -2.10. The standard InChI is InChI=1S/C18H21N3O2/c1-4-13(2)23-17-9-10-19-18-16(17)11-20-21(18)12-14-5-7-15(22-3)8-6-14/h5-11,13H,4,12H2,1-3H3/t13-/m1/s1. The van der Waals surface area contributed by atoms with Gasteiger partial charge in [0.05, 0.1) is 31.3 Å². The third kappa shape index (κ3) is 3.28. The summed E-state index contributed by atoms with van der Waals surface area (Å²) in [6.07, 6.45) is 4.73. The van der Waals surface area contributed by atoms with Crippen molar-refractivity contribution < 1.29 is 9.47 Å². The van der Waals surface area contributed by atoms with Crippen LogP contribution in [0.5, 0.6) is 11.5 Å². The van der Waals surface area contributed by atoms with E-state index in [0.29, 0.717) is 6.54 Å². The molecule has 0 unspecified atom stereocenters. The number of hydrogen-bond donors (Lipinski definition) is 0. The summed E-state index contributed by atoms with van der Waals surface area (Å²) in [4.78, 5) is 4.46. The number of hydrogen-bond acceptors (Lipinski definition) is 4. The number of benzene rings is 1. The number of aromatic nitrogens is 3. The minimum Gasteiger partial charge on any atom is -0.497 e. The summed E-state index contributed by atoms with van der Waals surface area (Å²) in [6.45, 7) is 4.83. The van der Waals surface area contributed by atoms with Gasteiger partial charge < -0.3 is 9.47 Å². The average Bonchev–Trinajstić information content (AvgIpc) is 2.99. The molecule has 2 aromatic heterocycles. The van der Waals surface area contributed by atoms with Gasteiger partial charge in [-0.05, 0) is 37.1 Å². The topological polar surface area (TPSA) is 49.2 Å². The van der Waals surface area contributed by atoms with E-state index in [0.717, 1.165) is 34.5 Å². The molecule has 1 aromatic carbocycles. The molecule has 0 aliphatic carbocycles. The number of rotatable bonds is 6. The largest absolute Gasteiger partial charge is 0.497 e. The molecular weight excluding hydrogens is 290 g/mol. The molecule has 5 heteroatoms. The van der Waals surface area contributed by atoms with Crippen molar-refractivity contribution in [2.75, 3.05) is 7.11 Å². The average molecular weight is 311 g/mol. The SMILES string of the molecule is CC[C@@H](C)Oc1ccnc2c1cnn2Cc1ccc(OC)cc1. The summed E-state index contributed by atoms with van der Waals surface area (Å²) in [7, 11) is 1.67. The smallest absolute Gasteiger partial charge is 0.161 e. The van der Waals surface area contributed by atoms with Crippen molar-refractivity contribution in [3.8, 4) is 11.5 Å². The van der Waals surface area contributed by atoms with Gasteiger partial charge in [-0.25, -0.2) is 9.67 Å². The first kappa shape index (κ1) is 15.3. The molecule has 0 saturated carbocycles. The molecule has 0 bridgehead atoms. The quantitative estimate of drug-likeness (QED) is 0.697. The van der Waals surface area contributed by atoms with Gasteiger partial charge in [0.15, 0.2) is 5.65 Å². The molecular formula is C18H21N3O2. The lowest BCUT2D eigenvalue weighted by molar-refractivity contribution is 0.220. The number of methoxy groups -OCH3 is 1. The van der Waals surface area contributed by atoms with E-state index in [9.17, 15) is 0 Å². The van der Waals surface area contributed by atoms with E-state index in [1.165, 1.54) is 0 Å². The second-order valence-corrected chi connectivity index (χ2v) is 5.53. The van der Waals surface area contributed by atoms with Crippen LogP contribution in [0.2, 0.25) is 0 Å². The van der Waals surface area contributed by atoms with Gasteiger partial charge in [0.25, 0.3) is 0 Å². The molecule has 0 radical (unpaired) electrons. The maximum absolute atomic E-state index is 5.96. The Labute approximate surface area is 135 Å². The van der Waals surface area contributed by atoms with Crippen molar-refractivity contribution in [1.29, 1.82) is 0 Å². The Morgan fingerprint density at radius 1 is 1.17 bits per heavy atom. The summed E-state index contributed by atoms with van der Waals surface area (Å²) < 4.78 is 13.0. The monoisotopic (exact) mass is 311 g/mol. The molecule has 1 atom stereocenters. The third-order valence-electron chi connectivity index (χ3n) is 3.89. The van der Waals surface area contributed by atoms with E-state index in [2.05, 4.69) is 23.9 Å². The highest BCUT2D eigenvalue weighted by molar-refractivity contribution is 5.81. The second-order valence-electron chi connectivity index (χ2n) is 5.53. The second kappa shape index (κ2) is 6.69. The van der Waals surface area contributed by atoms with Gasteiger partial charge >= 0.3 is 0 Å². The first-order valence-electron chi connectivity index (χ1n) is 7.81. The molecule has 23 heavy (non-hydrogen) atoms. The van der Waals surface area contributed by atoms with E-state index < -0.39 is 0 Å². The predicted octanol–water partition coefficient (Wildman–Crippen LogP) is 3.67. The van der Waals surface area contributed by atoms with Crippen LogP contribution in [-0.4, -0.2) is 28.0 Å². The molecule has 120 valence electrons. The molecule has 3 aromatic rings. The molecule has 3 rings (SSSR count). The van der Waals surface area contributed by atoms with Crippen LogP contribution >= 0.6 is 0 Å². The molecule has 0 spiro atoms. The molecule has 0 N–H and O–H groups in total. The fourth-order valence-electron chi connectivity index (χ4n) is 2.38. The van der Waals surface area contributed by atoms with Crippen LogP contribution in [0.4, 0.5) is 0 Å². The van der Waals surface area contributed by atoms with Crippen molar-refractivity contribution in [2.45, 2.75) is 32.9 Å². The molecule has 0 aliphatic rings. The fourth-order valence-corrected chi connectivity index (χ4v) is 2.38. The molecule has 0 saturated heterocycles. The normalized spacial score (nSPS) is 12.3. The van der Waals surface area contributed by atoms with Gasteiger partial charge in [-0.15, -0.1) is 0 Å². The Hall–Kier alpha value is -2.56. The van der Waals surface area contributed by atoms with Gasteiger partial charge in [-0.2, -0.15) is 5.10 Å². The Balaban J connectivity index is 1.88. The van der Waals surface area contributed by atoms with E-state index in [-0.39, 0.29) is 6.10 Å². The van der Waals surface area contributed by atoms with Gasteiger partial charge in [0, 0.05) is 6.20 Å². The first-order chi connectivity index (χ1) is 11.2. The predicted molar refractivity (Wildman–Crippen MR) is 90.0 cm³/mol. The summed E-state index contributed by atoms with van der Waals surface area (Å²) >= 11 is 0. The summed E-state index contributed by atoms with van der Waals surface area (Å²) in [6, 6.07) is 9.86. The summed E-state index contributed by atoms with van der Waals surface area (Å²) in [5.74, 6) is 1.69. The zero-order valence-electron chi connectivity index (χ0n) is 13.7. The number of nitrogens with zero attached hydrogens (tertiary/aromatic N) is 3. The van der Waals surface area contributed by atoms with Crippen molar-refractivity contribution in [3.05, 3.63) is 48.3 Å². The molecule has 5 nitrogen and oxygen atoms in total. The van der Waals surface area contributed by atoms with Gasteiger partial charge in [-0.1, -0.05) is 19.1 Å². The minimum atomic E-state index is 0.172. The van der Waals surface area contributed by atoms with Gasteiger partial charge in [-0.3, -0.25) is 0 Å². The Morgan fingerprint density at radius 3 is 2.65 bits per heavy atom. The van der Waals surface area contributed by atoms with E-state index in [1.807, 2.05) is 41.2 Å². The van der Waals surface area contributed by atoms with Gasteiger partial charge in [0.1, 0.15) is 11.5 Å². The maximum atomic E-state index is 5.96. The van der Waals surface area contributed by atoms with Crippen LogP contribution in [0.1, 0.15) is 25.8 Å². The highest BCUT2D eigenvalue weighted by Gasteiger charge is 2.11. The lowest BCUT2D eigenvalue weighted by Gasteiger charge is -2.13. The first-order valence-corrected chi connectivity index (χ1v) is 7.81. The summed E-state index contributed by atoms with van der Waals surface area (Å²) in [5, 5.41) is 5.42. The van der Waals surface area contributed by atoms with Crippen LogP contribution in [0, 0.1) is 0 Å². The summed E-state index contributed by atoms with van der Waals surface area (Å²) in [5.41, 5.74) is 1.98. The number of pyridine rings is 1. The van der Waals surface area contributed by atoms with Crippen molar-refractivity contribution in [3.63, 3.8) is 0 Å². The lowest BCUT2D eigenvalue weighted by atomic mass is 10.2. The minimum absolute atomic E-state index is 0.172. The number of ether oxygens (including phenoxy) is 2. The van der Waals surface area contributed by atoms with Crippen LogP contribution in [0.15, 0.2) is 42.7 Å². The van der Waals surface area contributed by atoms with Crippen molar-refractivity contribution >= 4 is 11.0 Å². The van der Waals surface area contributed by atoms with E-state index in [1.54, 1.807) is 13.3 Å². The van der Waals surface area contributed by atoms with Crippen LogP contribution in [0.25, 0.3) is 11.0 Å². The zero-order valence-corrected chi connectivity index (χ0v) is 13.7. The zero-order chi connectivity index (χ0) is 16.2. The van der Waals surface area contributed by atoms with E-state index in [4.69, 9.17) is 9.47 Å². The number of fused-ring (bicyclic) bond motifs is 1. The molecule has 0 fully saturated rings. The highest BCUT2D eigenvalue weighted by atomic mass is 16.5. The Bertz CT molecular complexity index is 781. The van der Waals surface area contributed by atoms with Crippen LogP contribution in [0.3, 0.4) is 0 Å². The van der Waals surface area contributed by atoms with Crippen LogP contribution < -0.4 is 9.47 Å². The fraction of sp³-hybridized carbons (Fsp3) is 0.333. The Kier molecular flexibility index (Phi) is 4.46. The van der Waals surface area contributed by atoms with Gasteiger partial charge in [0.2, 0.25) is 0 Å².